The fourth-order valence-electron chi connectivity index (χ4n) is 1.53. The fraction of sp³-hybridized carbons (Fsp3) is 0.643. The lowest BCUT2D eigenvalue weighted by molar-refractivity contribution is -0.131. The van der Waals surface area contributed by atoms with Crippen LogP contribution in [0.1, 0.15) is 58.3 Å². The van der Waals surface area contributed by atoms with Crippen molar-refractivity contribution < 1.29 is 9.90 Å². The van der Waals surface area contributed by atoms with Crippen molar-refractivity contribution in [2.75, 3.05) is 0 Å². The lowest BCUT2D eigenvalue weighted by atomic mass is 10.1. The topological polar surface area (TPSA) is 37.3 Å². The van der Waals surface area contributed by atoms with Gasteiger partial charge in [-0.2, -0.15) is 0 Å². The number of carboxylic acids is 1. The Labute approximate surface area is 99.1 Å². The van der Waals surface area contributed by atoms with Gasteiger partial charge in [-0.1, -0.05) is 63.7 Å². The van der Waals surface area contributed by atoms with Crippen LogP contribution in [-0.4, -0.2) is 11.1 Å². The summed E-state index contributed by atoms with van der Waals surface area (Å²) in [5.74, 6) is -0.888. The van der Waals surface area contributed by atoms with Crippen LogP contribution in [0.4, 0.5) is 0 Å². The Morgan fingerprint density at radius 2 is 1.62 bits per heavy atom. The van der Waals surface area contributed by atoms with Crippen LogP contribution in [0.15, 0.2) is 24.3 Å². The Hall–Kier alpha value is -1.05. The molecule has 0 fully saturated rings. The quantitative estimate of drug-likeness (QED) is 0.341. The van der Waals surface area contributed by atoms with E-state index in [2.05, 4.69) is 6.92 Å². The van der Waals surface area contributed by atoms with E-state index in [0.29, 0.717) is 0 Å². The molecule has 0 aromatic rings. The first-order chi connectivity index (χ1) is 7.77. The second-order valence-corrected chi connectivity index (χ2v) is 4.04. The van der Waals surface area contributed by atoms with Crippen molar-refractivity contribution in [2.45, 2.75) is 58.3 Å². The molecule has 0 unspecified atom stereocenters. The molecule has 16 heavy (non-hydrogen) atoms. The minimum Gasteiger partial charge on any atom is -0.478 e. The maximum atomic E-state index is 10.1. The molecule has 0 amide bonds. The van der Waals surface area contributed by atoms with E-state index in [9.17, 15) is 4.79 Å². The Bertz CT molecular complexity index is 217. The molecule has 0 saturated heterocycles. The van der Waals surface area contributed by atoms with Gasteiger partial charge in [0.05, 0.1) is 0 Å². The molecular formula is C14H24O2. The molecule has 92 valence electrons. The molecule has 0 aliphatic heterocycles. The first-order valence-electron chi connectivity index (χ1n) is 6.33. The number of allylic oxidation sites excluding steroid dienone is 3. The third-order valence-electron chi connectivity index (χ3n) is 2.46. The van der Waals surface area contributed by atoms with Gasteiger partial charge in [-0.15, -0.1) is 0 Å². The third-order valence-corrected chi connectivity index (χ3v) is 2.46. The Morgan fingerprint density at radius 3 is 2.25 bits per heavy atom. The standard InChI is InChI=1S/C14H24O2/c1-2-3-4-5-6-7-8-9-10-11-12-13-14(15)16/h10-13H,2-9H2,1H3,(H,15,16)/b11-10-,13-12+. The molecule has 2 heteroatoms. The molecule has 2 nitrogen and oxygen atoms in total. The maximum absolute atomic E-state index is 10.1. The average Bonchev–Trinajstić information content (AvgIpc) is 2.25. The van der Waals surface area contributed by atoms with Crippen molar-refractivity contribution in [2.24, 2.45) is 0 Å². The largest absolute Gasteiger partial charge is 0.478 e. The van der Waals surface area contributed by atoms with Gasteiger partial charge in [0.15, 0.2) is 0 Å². The van der Waals surface area contributed by atoms with Crippen molar-refractivity contribution in [3.8, 4) is 0 Å². The number of hydrogen-bond donors (Lipinski definition) is 1. The van der Waals surface area contributed by atoms with Crippen molar-refractivity contribution in [3.05, 3.63) is 24.3 Å². The zero-order chi connectivity index (χ0) is 12.1. The minimum absolute atomic E-state index is 0.888. The molecule has 1 N–H and O–H groups in total. The molecular weight excluding hydrogens is 200 g/mol. The van der Waals surface area contributed by atoms with Crippen LogP contribution >= 0.6 is 0 Å². The van der Waals surface area contributed by atoms with Gasteiger partial charge < -0.3 is 5.11 Å². The van der Waals surface area contributed by atoms with Crippen LogP contribution < -0.4 is 0 Å². The van der Waals surface area contributed by atoms with Crippen LogP contribution in [0.2, 0.25) is 0 Å². The van der Waals surface area contributed by atoms with E-state index in [0.717, 1.165) is 12.5 Å². The maximum Gasteiger partial charge on any atom is 0.328 e. The van der Waals surface area contributed by atoms with E-state index in [4.69, 9.17) is 5.11 Å². The Kier molecular flexibility index (Phi) is 11.2. The lowest BCUT2D eigenvalue weighted by Crippen LogP contribution is -1.84. The van der Waals surface area contributed by atoms with E-state index in [-0.39, 0.29) is 0 Å². The number of unbranched alkanes of at least 4 members (excludes halogenated alkanes) is 7. The third kappa shape index (κ3) is 12.9. The van der Waals surface area contributed by atoms with Gasteiger partial charge in [0, 0.05) is 6.08 Å². The van der Waals surface area contributed by atoms with Gasteiger partial charge in [0.2, 0.25) is 0 Å². The minimum atomic E-state index is -0.888. The van der Waals surface area contributed by atoms with Gasteiger partial charge in [-0.3, -0.25) is 0 Å². The summed E-state index contributed by atoms with van der Waals surface area (Å²) in [4.78, 5) is 10.1. The summed E-state index contributed by atoms with van der Waals surface area (Å²) in [5, 5.41) is 8.34. The summed E-state index contributed by atoms with van der Waals surface area (Å²) in [7, 11) is 0. The number of carbonyl (C=O) groups is 1. The predicted octanol–water partition coefficient (Wildman–Crippen LogP) is 4.32. The highest BCUT2D eigenvalue weighted by molar-refractivity contribution is 5.80. The summed E-state index contributed by atoms with van der Waals surface area (Å²) in [6.45, 7) is 2.23. The van der Waals surface area contributed by atoms with Crippen LogP contribution in [0, 0.1) is 0 Å². The van der Waals surface area contributed by atoms with Gasteiger partial charge in [-0.25, -0.2) is 4.79 Å². The molecule has 0 saturated carbocycles. The summed E-state index contributed by atoms with van der Waals surface area (Å²) in [6.07, 6.45) is 16.8. The van der Waals surface area contributed by atoms with E-state index in [1.165, 1.54) is 44.9 Å². The van der Waals surface area contributed by atoms with E-state index < -0.39 is 5.97 Å². The van der Waals surface area contributed by atoms with Gasteiger partial charge >= 0.3 is 5.97 Å². The Balaban J connectivity index is 3.17. The van der Waals surface area contributed by atoms with E-state index >= 15 is 0 Å². The molecule has 0 spiro atoms. The first kappa shape index (κ1) is 14.9. The van der Waals surface area contributed by atoms with Crippen LogP contribution in [0.3, 0.4) is 0 Å². The first-order valence-corrected chi connectivity index (χ1v) is 6.33. The van der Waals surface area contributed by atoms with Gasteiger partial charge in [0.25, 0.3) is 0 Å². The molecule has 0 radical (unpaired) electrons. The van der Waals surface area contributed by atoms with Gasteiger partial charge in [0.1, 0.15) is 0 Å². The van der Waals surface area contributed by atoms with Crippen molar-refractivity contribution in [1.82, 2.24) is 0 Å². The molecule has 0 atom stereocenters. The van der Waals surface area contributed by atoms with Crippen LogP contribution in [0.5, 0.6) is 0 Å². The molecule has 0 heterocycles. The van der Waals surface area contributed by atoms with Crippen molar-refractivity contribution in [1.29, 1.82) is 0 Å². The Morgan fingerprint density at radius 1 is 1.00 bits per heavy atom. The number of aliphatic carboxylic acids is 1. The molecule has 0 aromatic heterocycles. The second kappa shape index (κ2) is 12.0. The second-order valence-electron chi connectivity index (χ2n) is 4.04. The average molecular weight is 224 g/mol. The fourth-order valence-corrected chi connectivity index (χ4v) is 1.53. The van der Waals surface area contributed by atoms with Crippen LogP contribution in [0.25, 0.3) is 0 Å². The molecule has 0 aromatic carbocycles. The lowest BCUT2D eigenvalue weighted by Gasteiger charge is -1.98. The summed E-state index contributed by atoms with van der Waals surface area (Å²) in [6, 6.07) is 0. The smallest absolute Gasteiger partial charge is 0.328 e. The number of hydrogen-bond acceptors (Lipinski definition) is 1. The van der Waals surface area contributed by atoms with Crippen LogP contribution in [-0.2, 0) is 4.79 Å². The molecule has 0 aliphatic rings. The number of carboxylic acid groups (broad SMARTS) is 1. The molecule has 0 aliphatic carbocycles. The van der Waals surface area contributed by atoms with E-state index in [1.54, 1.807) is 6.08 Å². The highest BCUT2D eigenvalue weighted by atomic mass is 16.4. The zero-order valence-electron chi connectivity index (χ0n) is 10.3. The summed E-state index contributed by atoms with van der Waals surface area (Å²) in [5.41, 5.74) is 0. The van der Waals surface area contributed by atoms with E-state index in [1.807, 2.05) is 12.2 Å². The predicted molar refractivity (Wildman–Crippen MR) is 68.5 cm³/mol. The normalized spacial score (nSPS) is 11.6. The summed E-state index contributed by atoms with van der Waals surface area (Å²) < 4.78 is 0. The molecule has 0 bridgehead atoms. The highest BCUT2D eigenvalue weighted by Crippen LogP contribution is 2.08. The monoisotopic (exact) mass is 224 g/mol. The highest BCUT2D eigenvalue weighted by Gasteiger charge is 1.89. The van der Waals surface area contributed by atoms with Crippen molar-refractivity contribution >= 4 is 5.97 Å². The van der Waals surface area contributed by atoms with Crippen molar-refractivity contribution in [3.63, 3.8) is 0 Å². The number of rotatable bonds is 10. The summed E-state index contributed by atoms with van der Waals surface area (Å²) >= 11 is 0. The molecule has 0 rings (SSSR count). The van der Waals surface area contributed by atoms with Gasteiger partial charge in [-0.05, 0) is 12.8 Å². The zero-order valence-corrected chi connectivity index (χ0v) is 10.3. The SMILES string of the molecule is CCCCCCCCC/C=C\C=C\C(=O)O.